The molecule has 0 fully saturated rings. The van der Waals surface area contributed by atoms with E-state index >= 15 is 0 Å². The Balaban J connectivity index is -0.000000730. The number of benzene rings is 1. The highest BCUT2D eigenvalue weighted by Gasteiger charge is 2.23. The van der Waals surface area contributed by atoms with E-state index in [4.69, 9.17) is 0 Å². The number of nitrogens with one attached hydrogen (secondary N) is 1. The van der Waals surface area contributed by atoms with Crippen LogP contribution in [0.5, 0.6) is 0 Å². The predicted molar refractivity (Wildman–Crippen MR) is 137 cm³/mol. The fraction of sp³-hybridized carbons (Fsp3) is 0.333. The summed E-state index contributed by atoms with van der Waals surface area (Å²) in [5.74, 6) is -0.0514. The van der Waals surface area contributed by atoms with Crippen LogP contribution in [-0.4, -0.2) is 11.6 Å². The van der Waals surface area contributed by atoms with Gasteiger partial charge in [0.15, 0.2) is 11.6 Å². The molecule has 1 aromatic rings. The minimum absolute atomic E-state index is 0. The van der Waals surface area contributed by atoms with Crippen LogP contribution in [0.3, 0.4) is 0 Å². The molecule has 1 aliphatic rings. The zero-order valence-electron chi connectivity index (χ0n) is 19.4. The summed E-state index contributed by atoms with van der Waals surface area (Å²) in [6, 6.07) is 7.39. The molecular weight excluding hydrogens is 370 g/mol. The number of allylic oxidation sites excluding steroid dienone is 9. The molecule has 168 valence electrons. The molecule has 0 saturated heterocycles. The maximum Gasteiger partial charge on any atom is 0.166 e. The average Bonchev–Trinajstić information content (AvgIpc) is 3.07. The molecule has 0 bridgehead atoms. The Kier molecular flexibility index (Phi) is 9.97. The van der Waals surface area contributed by atoms with Gasteiger partial charge in [-0.3, -0.25) is 9.59 Å². The number of Topliss-reactive ketones (excluding diaryl/α,β-unsaturated/α-hetero) is 2. The minimum Gasteiger partial charge on any atom is -0.359 e. The molecule has 0 amide bonds. The standard InChI is InChI=1S/C25H29NO2.C2H6.4H2/c1-7-21(19(5)25(28)24-14-11-16(2)18(24)4)13-12-17(3)26-23-10-8-9-22(15-23)20(6)27;1-2;;;;/h7-13,15,19,26H,1,14H2,2-6H3;1-2H3;4*1H/b17-12+,21-13+;;;;;. The van der Waals surface area contributed by atoms with Crippen molar-refractivity contribution in [3.8, 4) is 0 Å². The Morgan fingerprint density at radius 2 is 1.83 bits per heavy atom. The van der Waals surface area contributed by atoms with E-state index < -0.39 is 0 Å². The minimum atomic E-state index is -0.244. The Morgan fingerprint density at radius 1 is 1.17 bits per heavy atom. The second-order valence-corrected chi connectivity index (χ2v) is 7.26. The van der Waals surface area contributed by atoms with Crippen molar-refractivity contribution in [1.82, 2.24) is 0 Å². The van der Waals surface area contributed by atoms with Crippen LogP contribution in [0.15, 0.2) is 83.1 Å². The van der Waals surface area contributed by atoms with Gasteiger partial charge in [-0.2, -0.15) is 0 Å². The van der Waals surface area contributed by atoms with Gasteiger partial charge < -0.3 is 5.32 Å². The van der Waals surface area contributed by atoms with Gasteiger partial charge in [0.05, 0.1) is 0 Å². The molecule has 1 aliphatic carbocycles. The van der Waals surface area contributed by atoms with E-state index in [2.05, 4.69) is 18.0 Å². The Labute approximate surface area is 187 Å². The van der Waals surface area contributed by atoms with Gasteiger partial charge in [-0.1, -0.05) is 63.3 Å². The van der Waals surface area contributed by atoms with Gasteiger partial charge in [0, 0.05) is 34.1 Å². The molecule has 1 N–H and O–H groups in total. The SMILES string of the molecule is C=C/C(=C\C=C(/C)Nc1cccc(C(C)=O)c1)C(C)C(=O)C1=C(C)C(C)=CC1.CC.[HH].[HH].[HH].[HH]. The van der Waals surface area contributed by atoms with Gasteiger partial charge in [-0.15, -0.1) is 0 Å². The van der Waals surface area contributed by atoms with Crippen molar-refractivity contribution >= 4 is 17.3 Å². The van der Waals surface area contributed by atoms with Crippen LogP contribution >= 0.6 is 0 Å². The van der Waals surface area contributed by atoms with E-state index in [1.165, 1.54) is 5.57 Å². The smallest absolute Gasteiger partial charge is 0.166 e. The second kappa shape index (κ2) is 11.9. The van der Waals surface area contributed by atoms with Gasteiger partial charge in [0.25, 0.3) is 0 Å². The monoisotopic (exact) mass is 413 g/mol. The van der Waals surface area contributed by atoms with E-state index in [0.717, 1.165) is 28.1 Å². The fourth-order valence-corrected chi connectivity index (χ4v) is 3.19. The third kappa shape index (κ3) is 6.55. The third-order valence-electron chi connectivity index (χ3n) is 5.22. The lowest BCUT2D eigenvalue weighted by Crippen LogP contribution is -2.15. The van der Waals surface area contributed by atoms with Crippen molar-refractivity contribution in [3.05, 3.63) is 88.7 Å². The summed E-state index contributed by atoms with van der Waals surface area (Å²) in [5, 5.41) is 3.28. The zero-order valence-corrected chi connectivity index (χ0v) is 19.4. The molecule has 0 radical (unpaired) electrons. The summed E-state index contributed by atoms with van der Waals surface area (Å²) in [5.41, 5.74) is 6.50. The normalized spacial score (nSPS) is 15.1. The fourth-order valence-electron chi connectivity index (χ4n) is 3.19. The van der Waals surface area contributed by atoms with Crippen molar-refractivity contribution in [1.29, 1.82) is 0 Å². The van der Waals surface area contributed by atoms with Crippen LogP contribution in [0.1, 0.15) is 71.0 Å². The van der Waals surface area contributed by atoms with Crippen LogP contribution in [0.4, 0.5) is 5.69 Å². The average molecular weight is 414 g/mol. The van der Waals surface area contributed by atoms with Crippen molar-refractivity contribution < 1.29 is 15.3 Å². The number of carbonyl (C=O) groups is 2. The molecule has 0 saturated carbocycles. The molecule has 0 aliphatic heterocycles. The highest BCUT2D eigenvalue weighted by atomic mass is 16.1. The zero-order chi connectivity index (χ0) is 22.8. The first-order valence-electron chi connectivity index (χ1n) is 10.5. The van der Waals surface area contributed by atoms with E-state index in [9.17, 15) is 9.59 Å². The topological polar surface area (TPSA) is 46.2 Å². The first kappa shape index (κ1) is 25.1. The first-order chi connectivity index (χ1) is 14.2. The highest BCUT2D eigenvalue weighted by Crippen LogP contribution is 2.30. The molecule has 0 aromatic heterocycles. The summed E-state index contributed by atoms with van der Waals surface area (Å²) < 4.78 is 0. The number of ketones is 2. The molecule has 1 unspecified atom stereocenters. The summed E-state index contributed by atoms with van der Waals surface area (Å²) >= 11 is 0. The van der Waals surface area contributed by atoms with Crippen LogP contribution in [0, 0.1) is 5.92 Å². The maximum atomic E-state index is 12.9. The van der Waals surface area contributed by atoms with Gasteiger partial charge in [-0.05, 0) is 63.5 Å². The molecule has 30 heavy (non-hydrogen) atoms. The number of hydrogen-bond acceptors (Lipinski definition) is 3. The van der Waals surface area contributed by atoms with Gasteiger partial charge in [0.1, 0.15) is 0 Å². The highest BCUT2D eigenvalue weighted by molar-refractivity contribution is 6.01. The number of hydrogen-bond donors (Lipinski definition) is 1. The third-order valence-corrected chi connectivity index (χ3v) is 5.22. The number of rotatable bonds is 8. The van der Waals surface area contributed by atoms with Crippen LogP contribution < -0.4 is 5.32 Å². The van der Waals surface area contributed by atoms with E-state index in [0.29, 0.717) is 12.0 Å². The lowest BCUT2D eigenvalue weighted by atomic mass is 9.89. The van der Waals surface area contributed by atoms with Crippen LogP contribution in [-0.2, 0) is 4.79 Å². The number of anilines is 1. The Bertz CT molecular complexity index is 944. The summed E-state index contributed by atoms with van der Waals surface area (Å²) in [6.45, 7) is 17.4. The van der Waals surface area contributed by atoms with Gasteiger partial charge in [0.2, 0.25) is 0 Å². The largest absolute Gasteiger partial charge is 0.359 e. The van der Waals surface area contributed by atoms with E-state index in [1.54, 1.807) is 19.1 Å². The van der Waals surface area contributed by atoms with Gasteiger partial charge in [-0.25, -0.2) is 0 Å². The molecule has 0 spiro atoms. The van der Waals surface area contributed by atoms with Crippen LogP contribution in [0.25, 0.3) is 0 Å². The molecule has 2 rings (SSSR count). The Hall–Kier alpha value is -2.94. The first-order valence-corrected chi connectivity index (χ1v) is 10.5. The second-order valence-electron chi connectivity index (χ2n) is 7.26. The summed E-state index contributed by atoms with van der Waals surface area (Å²) in [4.78, 5) is 24.4. The molecule has 3 nitrogen and oxygen atoms in total. The molecule has 0 heterocycles. The molecular formula is C27H43NO2. The predicted octanol–water partition coefficient (Wildman–Crippen LogP) is 8.20. The van der Waals surface area contributed by atoms with E-state index in [1.807, 2.05) is 71.9 Å². The number of carbonyl (C=O) groups excluding carboxylic acids is 2. The molecule has 1 aromatic carbocycles. The quantitative estimate of drug-likeness (QED) is 0.345. The maximum absolute atomic E-state index is 12.9. The van der Waals surface area contributed by atoms with Crippen molar-refractivity contribution in [3.63, 3.8) is 0 Å². The molecule has 3 heteroatoms. The van der Waals surface area contributed by atoms with Gasteiger partial charge >= 0.3 is 0 Å². The Morgan fingerprint density at radius 3 is 2.37 bits per heavy atom. The summed E-state index contributed by atoms with van der Waals surface area (Å²) in [7, 11) is 0. The summed E-state index contributed by atoms with van der Waals surface area (Å²) in [6.07, 6.45) is 8.43. The lowest BCUT2D eigenvalue weighted by Gasteiger charge is -2.14. The van der Waals surface area contributed by atoms with Crippen molar-refractivity contribution in [2.75, 3.05) is 5.32 Å². The van der Waals surface area contributed by atoms with Crippen molar-refractivity contribution in [2.45, 2.75) is 54.9 Å². The van der Waals surface area contributed by atoms with E-state index in [-0.39, 0.29) is 23.2 Å². The lowest BCUT2D eigenvalue weighted by molar-refractivity contribution is -0.117. The van der Waals surface area contributed by atoms with Crippen LogP contribution in [0.2, 0.25) is 0 Å². The van der Waals surface area contributed by atoms with Crippen molar-refractivity contribution in [2.24, 2.45) is 5.92 Å². The molecule has 1 atom stereocenters.